The molecule has 2 heterocycles. The number of ether oxygens (including phenoxy) is 1. The zero-order valence-corrected chi connectivity index (χ0v) is 18.6. The largest absolute Gasteiger partial charge is 0.394 e. The van der Waals surface area contributed by atoms with Crippen molar-refractivity contribution in [3.8, 4) is 0 Å². The average molecular weight is 451 g/mol. The van der Waals surface area contributed by atoms with E-state index in [0.29, 0.717) is 18.5 Å². The van der Waals surface area contributed by atoms with Gasteiger partial charge in [-0.15, -0.1) is 0 Å². The Morgan fingerprint density at radius 1 is 1.38 bits per heavy atom. The molecular formula is C22H31FN4O5. The standard InChI is InChI=1S/C22H31FN4O5/c1-22(2,3)19(21(31)24-10-13(29)12-28)25-20(30)17-15-7-4-8-16(23)18(15)27(26-17)11-14-6-5-9-32-14/h4,7-8,13-14,19,28-29H,5-6,9-12H2,1-3H3,(H,24,31)(H,25,30)/t13-,14?,19?/m1/s1. The van der Waals surface area contributed by atoms with Gasteiger partial charge in [-0.3, -0.25) is 14.3 Å². The topological polar surface area (TPSA) is 126 Å². The lowest BCUT2D eigenvalue weighted by molar-refractivity contribution is -0.125. The number of carbonyl (C=O) groups is 2. The molecule has 1 saturated heterocycles. The van der Waals surface area contributed by atoms with Crippen molar-refractivity contribution in [1.82, 2.24) is 20.4 Å². The second-order valence-electron chi connectivity index (χ2n) is 9.16. The molecule has 0 saturated carbocycles. The molecule has 0 bridgehead atoms. The Balaban J connectivity index is 1.87. The summed E-state index contributed by atoms with van der Waals surface area (Å²) in [5.41, 5.74) is -0.420. The van der Waals surface area contributed by atoms with Crippen LogP contribution in [-0.4, -0.2) is 69.8 Å². The second-order valence-corrected chi connectivity index (χ2v) is 9.16. The van der Waals surface area contributed by atoms with Gasteiger partial charge in [0.25, 0.3) is 5.91 Å². The fraction of sp³-hybridized carbons (Fsp3) is 0.591. The van der Waals surface area contributed by atoms with Crippen molar-refractivity contribution in [1.29, 1.82) is 0 Å². The molecule has 1 aliphatic heterocycles. The summed E-state index contributed by atoms with van der Waals surface area (Å²) in [5, 5.41) is 28.4. The van der Waals surface area contributed by atoms with E-state index in [9.17, 15) is 19.1 Å². The molecule has 176 valence electrons. The predicted octanol–water partition coefficient (Wildman–Crippen LogP) is 0.968. The number of aromatic nitrogens is 2. The first-order chi connectivity index (χ1) is 15.1. The van der Waals surface area contributed by atoms with Crippen LogP contribution < -0.4 is 10.6 Å². The summed E-state index contributed by atoms with van der Waals surface area (Å²) in [7, 11) is 0. The maximum absolute atomic E-state index is 14.6. The number of carbonyl (C=O) groups excluding carboxylic acids is 2. The molecular weight excluding hydrogens is 419 g/mol. The van der Waals surface area contributed by atoms with Gasteiger partial charge in [0.1, 0.15) is 17.4 Å². The molecule has 0 aliphatic carbocycles. The SMILES string of the molecule is CC(C)(C)C(NC(=O)c1nn(CC2CCCO2)c2c(F)cccc12)C(=O)NC[C@@H](O)CO. The van der Waals surface area contributed by atoms with E-state index < -0.39 is 41.8 Å². The molecule has 2 amide bonds. The van der Waals surface area contributed by atoms with E-state index in [1.165, 1.54) is 16.8 Å². The number of nitrogens with one attached hydrogen (secondary N) is 2. The number of hydrogen-bond acceptors (Lipinski definition) is 6. The molecule has 1 aliphatic rings. The molecule has 10 heteroatoms. The van der Waals surface area contributed by atoms with Crippen LogP contribution in [0.4, 0.5) is 4.39 Å². The van der Waals surface area contributed by atoms with Crippen LogP contribution in [0.3, 0.4) is 0 Å². The maximum atomic E-state index is 14.6. The molecule has 0 spiro atoms. The third kappa shape index (κ3) is 5.43. The van der Waals surface area contributed by atoms with Crippen LogP contribution in [0.5, 0.6) is 0 Å². The van der Waals surface area contributed by atoms with Crippen molar-refractivity contribution in [3.63, 3.8) is 0 Å². The van der Waals surface area contributed by atoms with Gasteiger partial charge in [-0.05, 0) is 24.3 Å². The minimum Gasteiger partial charge on any atom is -0.394 e. The van der Waals surface area contributed by atoms with Gasteiger partial charge in [0.15, 0.2) is 5.69 Å². The lowest BCUT2D eigenvalue weighted by Crippen LogP contribution is -2.54. The van der Waals surface area contributed by atoms with Crippen LogP contribution in [0.2, 0.25) is 0 Å². The highest BCUT2D eigenvalue weighted by atomic mass is 19.1. The Bertz CT molecular complexity index is 965. The van der Waals surface area contributed by atoms with Gasteiger partial charge in [-0.1, -0.05) is 32.9 Å². The van der Waals surface area contributed by atoms with Crippen molar-refractivity contribution in [2.45, 2.75) is 58.4 Å². The summed E-state index contributed by atoms with van der Waals surface area (Å²) in [5.74, 6) is -1.60. The molecule has 32 heavy (non-hydrogen) atoms. The summed E-state index contributed by atoms with van der Waals surface area (Å²) < 4.78 is 21.7. The van der Waals surface area contributed by atoms with Crippen LogP contribution in [0.25, 0.3) is 10.9 Å². The number of amides is 2. The van der Waals surface area contributed by atoms with Gasteiger partial charge in [0.2, 0.25) is 5.91 Å². The molecule has 9 nitrogen and oxygen atoms in total. The Morgan fingerprint density at radius 2 is 2.12 bits per heavy atom. The minimum atomic E-state index is -1.10. The number of fused-ring (bicyclic) bond motifs is 1. The molecule has 1 aromatic carbocycles. The molecule has 3 rings (SSSR count). The van der Waals surface area contributed by atoms with Gasteiger partial charge in [0, 0.05) is 18.5 Å². The number of aliphatic hydroxyl groups is 2. The van der Waals surface area contributed by atoms with Crippen LogP contribution in [0, 0.1) is 11.2 Å². The molecule has 0 radical (unpaired) electrons. The fourth-order valence-corrected chi connectivity index (χ4v) is 3.73. The van der Waals surface area contributed by atoms with Crippen molar-refractivity contribution < 1.29 is 28.9 Å². The van der Waals surface area contributed by atoms with Crippen molar-refractivity contribution in [2.75, 3.05) is 19.8 Å². The summed E-state index contributed by atoms with van der Waals surface area (Å²) in [6, 6.07) is 3.50. The Hall–Kier alpha value is -2.56. The van der Waals surface area contributed by atoms with Crippen molar-refractivity contribution >= 4 is 22.7 Å². The first-order valence-corrected chi connectivity index (χ1v) is 10.8. The van der Waals surface area contributed by atoms with E-state index >= 15 is 0 Å². The summed E-state index contributed by atoms with van der Waals surface area (Å²) in [6.07, 6.45) is 0.562. The van der Waals surface area contributed by atoms with Crippen LogP contribution >= 0.6 is 0 Å². The van der Waals surface area contributed by atoms with Gasteiger partial charge >= 0.3 is 0 Å². The number of para-hydroxylation sites is 1. The maximum Gasteiger partial charge on any atom is 0.273 e. The van der Waals surface area contributed by atoms with Gasteiger partial charge in [-0.25, -0.2) is 4.39 Å². The third-order valence-corrected chi connectivity index (χ3v) is 5.46. The van der Waals surface area contributed by atoms with E-state index in [4.69, 9.17) is 9.84 Å². The molecule has 4 N–H and O–H groups in total. The Kier molecular flexibility index (Phi) is 7.47. The number of benzene rings is 1. The lowest BCUT2D eigenvalue weighted by Gasteiger charge is -2.30. The van der Waals surface area contributed by atoms with Crippen LogP contribution in [0.15, 0.2) is 18.2 Å². The van der Waals surface area contributed by atoms with Crippen molar-refractivity contribution in [3.05, 3.63) is 29.7 Å². The van der Waals surface area contributed by atoms with E-state index in [1.54, 1.807) is 26.8 Å². The minimum absolute atomic E-state index is 0.0231. The molecule has 2 aromatic rings. The highest BCUT2D eigenvalue weighted by Crippen LogP contribution is 2.25. The van der Waals surface area contributed by atoms with E-state index in [0.717, 1.165) is 12.8 Å². The monoisotopic (exact) mass is 450 g/mol. The highest BCUT2D eigenvalue weighted by Gasteiger charge is 2.34. The molecule has 1 fully saturated rings. The van der Waals surface area contributed by atoms with E-state index in [2.05, 4.69) is 15.7 Å². The summed E-state index contributed by atoms with van der Waals surface area (Å²) in [6.45, 7) is 5.68. The smallest absolute Gasteiger partial charge is 0.273 e. The lowest BCUT2D eigenvalue weighted by atomic mass is 9.86. The number of hydrogen-bond donors (Lipinski definition) is 4. The molecule has 1 aromatic heterocycles. The first kappa shape index (κ1) is 24.1. The molecule has 3 atom stereocenters. The van der Waals surface area contributed by atoms with Crippen LogP contribution in [0.1, 0.15) is 44.1 Å². The molecule has 2 unspecified atom stereocenters. The number of aliphatic hydroxyl groups excluding tert-OH is 2. The van der Waals surface area contributed by atoms with E-state index in [1.807, 2.05) is 0 Å². The second kappa shape index (κ2) is 9.93. The predicted molar refractivity (Wildman–Crippen MR) is 115 cm³/mol. The quantitative estimate of drug-likeness (QED) is 0.475. The van der Waals surface area contributed by atoms with Gasteiger partial charge < -0.3 is 25.6 Å². The zero-order chi connectivity index (χ0) is 23.5. The van der Waals surface area contributed by atoms with Crippen LogP contribution in [-0.2, 0) is 16.1 Å². The van der Waals surface area contributed by atoms with Gasteiger partial charge in [0.05, 0.1) is 25.4 Å². The fourth-order valence-electron chi connectivity index (χ4n) is 3.73. The average Bonchev–Trinajstić information content (AvgIpc) is 3.38. The van der Waals surface area contributed by atoms with E-state index in [-0.39, 0.29) is 23.9 Å². The zero-order valence-electron chi connectivity index (χ0n) is 18.6. The number of halogens is 1. The third-order valence-electron chi connectivity index (χ3n) is 5.46. The Morgan fingerprint density at radius 3 is 2.75 bits per heavy atom. The first-order valence-electron chi connectivity index (χ1n) is 10.8. The number of rotatable bonds is 8. The summed E-state index contributed by atoms with van der Waals surface area (Å²) >= 11 is 0. The Labute approximate surface area is 185 Å². The highest BCUT2D eigenvalue weighted by molar-refractivity contribution is 6.06. The number of nitrogens with zero attached hydrogens (tertiary/aromatic N) is 2. The van der Waals surface area contributed by atoms with Gasteiger partial charge in [-0.2, -0.15) is 5.10 Å². The normalized spacial score (nSPS) is 18.5. The summed E-state index contributed by atoms with van der Waals surface area (Å²) in [4.78, 5) is 25.9. The van der Waals surface area contributed by atoms with Crippen molar-refractivity contribution in [2.24, 2.45) is 5.41 Å².